The normalized spacial score (nSPS) is 12.1. The smallest absolute Gasteiger partial charge is 0.141 e. The van der Waals surface area contributed by atoms with E-state index >= 15 is 0 Å². The van der Waals surface area contributed by atoms with E-state index in [9.17, 15) is 9.50 Å². The van der Waals surface area contributed by atoms with Crippen molar-refractivity contribution in [1.82, 2.24) is 4.98 Å². The lowest BCUT2D eigenvalue weighted by atomic mass is 10.1. The van der Waals surface area contributed by atoms with Crippen molar-refractivity contribution in [3.63, 3.8) is 0 Å². The van der Waals surface area contributed by atoms with Crippen molar-refractivity contribution in [2.45, 2.75) is 12.7 Å². The Bertz CT molecular complexity index is 1160. The minimum absolute atomic E-state index is 0.253. The molecule has 1 N–H and O–H groups in total. The van der Waals surface area contributed by atoms with E-state index < -0.39 is 6.10 Å². The lowest BCUT2D eigenvalue weighted by Gasteiger charge is -2.13. The zero-order chi connectivity index (χ0) is 21.1. The molecule has 1 atom stereocenters. The monoisotopic (exact) mass is 487 g/mol. The molecular formula is C23H19BrFNO3S. The number of hydrogen-bond acceptors (Lipinski definition) is 5. The second-order valence-corrected chi connectivity index (χ2v) is 8.21. The molecule has 0 amide bonds. The van der Waals surface area contributed by atoms with E-state index in [2.05, 4.69) is 20.9 Å². The van der Waals surface area contributed by atoms with Gasteiger partial charge >= 0.3 is 0 Å². The SMILES string of the molecule is COc1ccc(COc2cc(-c3csc4c(F)cccc34)nc(C(O)CBr)c2)cc1. The number of aliphatic hydroxyl groups is 1. The van der Waals surface area contributed by atoms with E-state index in [-0.39, 0.29) is 5.82 Å². The molecule has 4 aromatic rings. The molecule has 30 heavy (non-hydrogen) atoms. The number of benzene rings is 2. The number of fused-ring (bicyclic) bond motifs is 1. The van der Waals surface area contributed by atoms with Crippen molar-refractivity contribution in [2.24, 2.45) is 0 Å². The fraction of sp³-hybridized carbons (Fsp3) is 0.174. The number of rotatable bonds is 7. The molecule has 4 nitrogen and oxygen atoms in total. The van der Waals surface area contributed by atoms with Gasteiger partial charge in [0, 0.05) is 33.8 Å². The molecule has 1 unspecified atom stereocenters. The van der Waals surface area contributed by atoms with Crippen LogP contribution in [0, 0.1) is 5.82 Å². The standard InChI is InChI=1S/C23H19BrFNO3S/c1-28-15-7-5-14(6-8-15)12-29-16-9-20(26-21(10-16)22(27)11-24)18-13-30-23-17(18)3-2-4-19(23)25/h2-10,13,22,27H,11-12H2,1H3. The average molecular weight is 488 g/mol. The van der Waals surface area contributed by atoms with E-state index in [1.807, 2.05) is 41.8 Å². The topological polar surface area (TPSA) is 51.6 Å². The summed E-state index contributed by atoms with van der Waals surface area (Å²) in [4.78, 5) is 4.61. The minimum atomic E-state index is -0.782. The lowest BCUT2D eigenvalue weighted by molar-refractivity contribution is 0.199. The maximum atomic E-state index is 14.1. The van der Waals surface area contributed by atoms with Crippen LogP contribution in [0.2, 0.25) is 0 Å². The summed E-state index contributed by atoms with van der Waals surface area (Å²) < 4.78 is 25.9. The number of ether oxygens (including phenoxy) is 2. The number of thiophene rings is 1. The van der Waals surface area contributed by atoms with Gasteiger partial charge in [-0.2, -0.15) is 0 Å². The Morgan fingerprint density at radius 1 is 1.13 bits per heavy atom. The van der Waals surface area contributed by atoms with E-state index in [0.29, 0.717) is 33.8 Å². The highest BCUT2D eigenvalue weighted by Crippen LogP contribution is 2.36. The highest BCUT2D eigenvalue weighted by atomic mass is 79.9. The first-order valence-electron chi connectivity index (χ1n) is 9.27. The number of methoxy groups -OCH3 is 1. The summed E-state index contributed by atoms with van der Waals surface area (Å²) in [5.41, 5.74) is 2.92. The van der Waals surface area contributed by atoms with Gasteiger partial charge in [0.2, 0.25) is 0 Å². The summed E-state index contributed by atoms with van der Waals surface area (Å²) in [7, 11) is 1.63. The van der Waals surface area contributed by atoms with Crippen molar-refractivity contribution in [3.8, 4) is 22.8 Å². The van der Waals surface area contributed by atoms with Crippen molar-refractivity contribution < 1.29 is 19.0 Å². The van der Waals surface area contributed by atoms with Crippen molar-refractivity contribution in [2.75, 3.05) is 12.4 Å². The summed E-state index contributed by atoms with van der Waals surface area (Å²) >= 11 is 4.63. The van der Waals surface area contributed by atoms with E-state index in [1.54, 1.807) is 19.2 Å². The first-order valence-corrected chi connectivity index (χ1v) is 11.3. The molecule has 7 heteroatoms. The van der Waals surface area contributed by atoms with Crippen LogP contribution < -0.4 is 9.47 Å². The van der Waals surface area contributed by atoms with Gasteiger partial charge in [0.15, 0.2) is 0 Å². The maximum absolute atomic E-state index is 14.1. The van der Waals surface area contributed by atoms with Gasteiger partial charge in [-0.3, -0.25) is 0 Å². The largest absolute Gasteiger partial charge is 0.497 e. The van der Waals surface area contributed by atoms with Gasteiger partial charge < -0.3 is 14.6 Å². The molecule has 2 aromatic carbocycles. The predicted octanol–water partition coefficient (Wildman–Crippen LogP) is 6.12. The van der Waals surface area contributed by atoms with E-state index in [1.165, 1.54) is 17.4 Å². The van der Waals surface area contributed by atoms with Crippen LogP contribution in [0.25, 0.3) is 21.3 Å². The Labute approximate surface area is 186 Å². The van der Waals surface area contributed by atoms with Gasteiger partial charge in [-0.25, -0.2) is 9.37 Å². The van der Waals surface area contributed by atoms with Crippen LogP contribution >= 0.6 is 27.3 Å². The summed E-state index contributed by atoms with van der Waals surface area (Å²) in [6, 6.07) is 16.2. The average Bonchev–Trinajstić information content (AvgIpc) is 3.23. The molecule has 0 bridgehead atoms. The van der Waals surface area contributed by atoms with E-state index in [4.69, 9.17) is 9.47 Å². The zero-order valence-electron chi connectivity index (χ0n) is 16.1. The number of nitrogens with zero attached hydrogens (tertiary/aromatic N) is 1. The molecule has 0 spiro atoms. The molecule has 2 aromatic heterocycles. The van der Waals surface area contributed by atoms with E-state index in [0.717, 1.165) is 22.3 Å². The van der Waals surface area contributed by atoms with Gasteiger partial charge in [-0.1, -0.05) is 40.2 Å². The molecule has 0 saturated carbocycles. The van der Waals surface area contributed by atoms with Crippen molar-refractivity contribution in [3.05, 3.63) is 77.1 Å². The van der Waals surface area contributed by atoms with Crippen LogP contribution in [-0.4, -0.2) is 22.5 Å². The number of alkyl halides is 1. The quantitative estimate of drug-likeness (QED) is 0.319. The summed E-state index contributed by atoms with van der Waals surface area (Å²) in [6.07, 6.45) is -0.782. The van der Waals surface area contributed by atoms with Gasteiger partial charge in [-0.15, -0.1) is 11.3 Å². The van der Waals surface area contributed by atoms with Crippen molar-refractivity contribution >= 4 is 37.4 Å². The Balaban J connectivity index is 1.69. The second kappa shape index (κ2) is 9.12. The minimum Gasteiger partial charge on any atom is -0.497 e. The maximum Gasteiger partial charge on any atom is 0.141 e. The van der Waals surface area contributed by atoms with Crippen LogP contribution in [0.1, 0.15) is 17.4 Å². The van der Waals surface area contributed by atoms with Gasteiger partial charge in [0.25, 0.3) is 0 Å². The molecular weight excluding hydrogens is 469 g/mol. The third kappa shape index (κ3) is 4.33. The number of hydrogen-bond donors (Lipinski definition) is 1. The first kappa shape index (κ1) is 20.8. The molecule has 0 radical (unpaired) electrons. The Kier molecular flexibility index (Phi) is 6.32. The Morgan fingerprint density at radius 3 is 2.67 bits per heavy atom. The highest BCUT2D eigenvalue weighted by Gasteiger charge is 2.16. The van der Waals surface area contributed by atoms with Gasteiger partial charge in [0.1, 0.15) is 30.0 Å². The molecule has 0 aliphatic rings. The fourth-order valence-electron chi connectivity index (χ4n) is 3.11. The van der Waals surface area contributed by atoms with Crippen LogP contribution in [-0.2, 0) is 6.61 Å². The molecule has 0 aliphatic heterocycles. The zero-order valence-corrected chi connectivity index (χ0v) is 18.5. The summed E-state index contributed by atoms with van der Waals surface area (Å²) in [6.45, 7) is 0.357. The number of aromatic nitrogens is 1. The van der Waals surface area contributed by atoms with Crippen LogP contribution in [0.4, 0.5) is 4.39 Å². The lowest BCUT2D eigenvalue weighted by Crippen LogP contribution is -2.04. The molecule has 2 heterocycles. The Hall–Kier alpha value is -2.48. The van der Waals surface area contributed by atoms with Crippen LogP contribution in [0.5, 0.6) is 11.5 Å². The van der Waals surface area contributed by atoms with Gasteiger partial charge in [0.05, 0.1) is 23.2 Å². The molecule has 154 valence electrons. The van der Waals surface area contributed by atoms with Crippen LogP contribution in [0.3, 0.4) is 0 Å². The van der Waals surface area contributed by atoms with Crippen LogP contribution in [0.15, 0.2) is 60.0 Å². The number of pyridine rings is 1. The number of halogens is 2. The summed E-state index contributed by atoms with van der Waals surface area (Å²) in [5, 5.41) is 13.4. The van der Waals surface area contributed by atoms with Crippen molar-refractivity contribution in [1.29, 1.82) is 0 Å². The third-order valence-electron chi connectivity index (χ3n) is 4.70. The fourth-order valence-corrected chi connectivity index (χ4v) is 4.41. The van der Waals surface area contributed by atoms with Gasteiger partial charge in [-0.05, 0) is 23.8 Å². The Morgan fingerprint density at radius 2 is 1.93 bits per heavy atom. The first-order chi connectivity index (χ1) is 14.6. The number of aliphatic hydroxyl groups excluding tert-OH is 1. The second-order valence-electron chi connectivity index (χ2n) is 6.69. The third-order valence-corrected chi connectivity index (χ3v) is 6.32. The predicted molar refractivity (Wildman–Crippen MR) is 121 cm³/mol. The molecule has 0 saturated heterocycles. The molecule has 0 aliphatic carbocycles. The summed E-state index contributed by atoms with van der Waals surface area (Å²) in [5.74, 6) is 1.11. The highest BCUT2D eigenvalue weighted by molar-refractivity contribution is 9.09. The molecule has 4 rings (SSSR count). The molecule has 0 fully saturated rings.